The molecule has 0 saturated carbocycles. The molecule has 0 aromatic rings. The highest BCUT2D eigenvalue weighted by atomic mass is 15.2. The van der Waals surface area contributed by atoms with Crippen LogP contribution in [0, 0.1) is 0 Å². The van der Waals surface area contributed by atoms with E-state index in [1.807, 2.05) is 6.20 Å². The topological polar surface area (TPSA) is 15.6 Å². The van der Waals surface area contributed by atoms with E-state index in [0.29, 0.717) is 0 Å². The van der Waals surface area contributed by atoms with Crippen molar-refractivity contribution in [3.8, 4) is 0 Å². The van der Waals surface area contributed by atoms with Crippen LogP contribution in [-0.2, 0) is 0 Å². The molecular weight excluding hydrogens is 112 g/mol. The molecule has 2 aliphatic heterocycles. The highest BCUT2D eigenvalue weighted by molar-refractivity contribution is 5.88. The number of aliphatic imine (C=N–C) groups is 1. The lowest BCUT2D eigenvalue weighted by atomic mass is 10.4. The van der Waals surface area contributed by atoms with Crippen molar-refractivity contribution >= 4 is 5.84 Å². The molecule has 9 heavy (non-hydrogen) atoms. The quantitative estimate of drug-likeness (QED) is 0.468. The molecule has 0 unspecified atom stereocenters. The van der Waals surface area contributed by atoms with Crippen LogP contribution in [0.1, 0.15) is 6.42 Å². The predicted molar refractivity (Wildman–Crippen MR) is 37.0 cm³/mol. The van der Waals surface area contributed by atoms with Gasteiger partial charge in [0.25, 0.3) is 0 Å². The smallest absolute Gasteiger partial charge is 0.112 e. The molecule has 2 heterocycles. The van der Waals surface area contributed by atoms with Crippen LogP contribution < -0.4 is 0 Å². The van der Waals surface area contributed by atoms with Gasteiger partial charge in [-0.2, -0.15) is 0 Å². The van der Waals surface area contributed by atoms with Gasteiger partial charge in [0.1, 0.15) is 5.84 Å². The summed E-state index contributed by atoms with van der Waals surface area (Å²) in [6, 6.07) is 0. The Balaban J connectivity index is 2.29. The van der Waals surface area contributed by atoms with Crippen molar-refractivity contribution in [3.63, 3.8) is 0 Å². The Kier molecular flexibility index (Phi) is 0.918. The minimum atomic E-state index is 0.995. The van der Waals surface area contributed by atoms with Crippen LogP contribution in [-0.4, -0.2) is 17.3 Å². The Bertz CT molecular complexity index is 201. The van der Waals surface area contributed by atoms with E-state index >= 15 is 0 Å². The molecule has 2 heteroatoms. The fraction of sp³-hybridized carbons (Fsp3) is 0.286. The van der Waals surface area contributed by atoms with Crippen molar-refractivity contribution in [2.45, 2.75) is 6.42 Å². The summed E-state index contributed by atoms with van der Waals surface area (Å²) < 4.78 is 0. The average molecular weight is 120 g/mol. The third kappa shape index (κ3) is 0.669. The summed E-state index contributed by atoms with van der Waals surface area (Å²) >= 11 is 0. The molecule has 0 atom stereocenters. The lowest BCUT2D eigenvalue weighted by Crippen LogP contribution is -2.22. The first kappa shape index (κ1) is 4.79. The molecular formula is C7H8N2. The molecule has 0 radical (unpaired) electrons. The maximum absolute atomic E-state index is 4.19. The lowest BCUT2D eigenvalue weighted by molar-refractivity contribution is 0.622. The van der Waals surface area contributed by atoms with Crippen molar-refractivity contribution in [1.29, 1.82) is 0 Å². The number of fused-ring (bicyclic) bond motifs is 1. The van der Waals surface area contributed by atoms with Gasteiger partial charge < -0.3 is 4.90 Å². The molecule has 0 bridgehead atoms. The van der Waals surface area contributed by atoms with Crippen molar-refractivity contribution in [1.82, 2.24) is 4.90 Å². The summed E-state index contributed by atoms with van der Waals surface area (Å²) in [5.74, 6) is 1.18. The summed E-state index contributed by atoms with van der Waals surface area (Å²) in [5.41, 5.74) is 0. The van der Waals surface area contributed by atoms with E-state index in [-0.39, 0.29) is 0 Å². The van der Waals surface area contributed by atoms with Gasteiger partial charge in [-0.1, -0.05) is 6.08 Å². The number of hydrogen-bond acceptors (Lipinski definition) is 2. The van der Waals surface area contributed by atoms with Gasteiger partial charge in [0.05, 0.1) is 0 Å². The predicted octanol–water partition coefficient (Wildman–Crippen LogP) is 1.13. The summed E-state index contributed by atoms with van der Waals surface area (Å²) in [4.78, 5) is 6.34. The zero-order chi connectivity index (χ0) is 6.10. The van der Waals surface area contributed by atoms with Gasteiger partial charge in [0.15, 0.2) is 0 Å². The fourth-order valence-electron chi connectivity index (χ4n) is 1.08. The van der Waals surface area contributed by atoms with Crippen LogP contribution in [0.2, 0.25) is 0 Å². The molecule has 2 rings (SSSR count). The summed E-state index contributed by atoms with van der Waals surface area (Å²) in [7, 11) is 0. The largest absolute Gasteiger partial charge is 0.333 e. The van der Waals surface area contributed by atoms with Gasteiger partial charge in [-0.15, -0.1) is 0 Å². The van der Waals surface area contributed by atoms with Gasteiger partial charge in [-0.3, -0.25) is 0 Å². The Morgan fingerprint density at radius 1 is 1.44 bits per heavy atom. The van der Waals surface area contributed by atoms with Crippen molar-refractivity contribution in [2.75, 3.05) is 6.54 Å². The van der Waals surface area contributed by atoms with E-state index in [9.17, 15) is 0 Å². The fourth-order valence-corrected chi connectivity index (χ4v) is 1.08. The summed E-state index contributed by atoms with van der Waals surface area (Å²) in [6.45, 7) is 0.995. The Morgan fingerprint density at radius 3 is 3.33 bits per heavy atom. The highest BCUT2D eigenvalue weighted by Gasteiger charge is 2.11. The van der Waals surface area contributed by atoms with E-state index in [1.54, 1.807) is 0 Å². The van der Waals surface area contributed by atoms with Crippen LogP contribution in [0.4, 0.5) is 0 Å². The maximum atomic E-state index is 4.19. The van der Waals surface area contributed by atoms with Crippen molar-refractivity contribution < 1.29 is 0 Å². The molecule has 46 valence electrons. The van der Waals surface area contributed by atoms with E-state index in [2.05, 4.69) is 28.2 Å². The molecule has 0 N–H and O–H groups in total. The van der Waals surface area contributed by atoms with Gasteiger partial charge in [-0.05, 0) is 6.08 Å². The molecule has 0 fully saturated rings. The highest BCUT2D eigenvalue weighted by Crippen LogP contribution is 2.11. The molecule has 0 aliphatic carbocycles. The maximum Gasteiger partial charge on any atom is 0.112 e. The van der Waals surface area contributed by atoms with Gasteiger partial charge in [-0.25, -0.2) is 4.99 Å². The van der Waals surface area contributed by atoms with E-state index in [0.717, 1.165) is 13.0 Å². The first-order valence-corrected chi connectivity index (χ1v) is 3.12. The first-order chi connectivity index (χ1) is 4.47. The van der Waals surface area contributed by atoms with E-state index in [1.165, 1.54) is 5.84 Å². The van der Waals surface area contributed by atoms with Crippen LogP contribution in [0.3, 0.4) is 0 Å². The van der Waals surface area contributed by atoms with Crippen LogP contribution >= 0.6 is 0 Å². The van der Waals surface area contributed by atoms with E-state index in [4.69, 9.17) is 0 Å². The number of nitrogens with zero attached hydrogens (tertiary/aromatic N) is 2. The molecule has 2 nitrogen and oxygen atoms in total. The minimum Gasteiger partial charge on any atom is -0.333 e. The second kappa shape index (κ2) is 1.72. The zero-order valence-corrected chi connectivity index (χ0v) is 5.12. The van der Waals surface area contributed by atoms with E-state index < -0.39 is 0 Å². The number of amidine groups is 1. The van der Waals surface area contributed by atoms with Gasteiger partial charge in [0.2, 0.25) is 0 Å². The summed E-state index contributed by atoms with van der Waals surface area (Å²) in [6.07, 6.45) is 9.15. The Labute approximate surface area is 54.2 Å². The number of rotatable bonds is 0. The second-order valence-corrected chi connectivity index (χ2v) is 2.17. The molecule has 0 aromatic heterocycles. The molecule has 2 aliphatic rings. The second-order valence-electron chi connectivity index (χ2n) is 2.17. The SMILES string of the molecule is C1=CN2CC=CN=C2C1. The van der Waals surface area contributed by atoms with Crippen LogP contribution in [0.15, 0.2) is 29.5 Å². The monoisotopic (exact) mass is 120 g/mol. The van der Waals surface area contributed by atoms with Crippen LogP contribution in [0.25, 0.3) is 0 Å². The molecule has 0 aromatic carbocycles. The minimum absolute atomic E-state index is 0.995. The average Bonchev–Trinajstić information content (AvgIpc) is 2.33. The molecule has 0 amide bonds. The third-order valence-electron chi connectivity index (χ3n) is 1.55. The Morgan fingerprint density at radius 2 is 2.44 bits per heavy atom. The molecule has 0 spiro atoms. The van der Waals surface area contributed by atoms with Crippen LogP contribution in [0.5, 0.6) is 0 Å². The van der Waals surface area contributed by atoms with Gasteiger partial charge >= 0.3 is 0 Å². The normalized spacial score (nSPS) is 22.2. The molecule has 0 saturated heterocycles. The lowest BCUT2D eigenvalue weighted by Gasteiger charge is -2.16. The van der Waals surface area contributed by atoms with Gasteiger partial charge in [0, 0.05) is 25.4 Å². The van der Waals surface area contributed by atoms with Crippen molar-refractivity contribution in [3.05, 3.63) is 24.6 Å². The van der Waals surface area contributed by atoms with Crippen molar-refractivity contribution in [2.24, 2.45) is 4.99 Å². The zero-order valence-electron chi connectivity index (χ0n) is 5.12. The number of hydrogen-bond donors (Lipinski definition) is 0. The Hall–Kier alpha value is -1.05. The summed E-state index contributed by atoms with van der Waals surface area (Å²) in [5, 5.41) is 0. The first-order valence-electron chi connectivity index (χ1n) is 3.12. The third-order valence-corrected chi connectivity index (χ3v) is 1.55. The standard InChI is InChI=1S/C7H8N2/c1-3-7-8-4-2-6-9(7)5-1/h1-2,4-5H,3,6H2.